The molecule has 13 aromatic rings. The Hall–Kier alpha value is -8.60. The van der Waals surface area contributed by atoms with Gasteiger partial charge in [0.2, 0.25) is 0 Å². The molecule has 0 N–H and O–H groups in total. The number of furan rings is 2. The van der Waals surface area contributed by atoms with Gasteiger partial charge < -0.3 is 18.6 Å². The van der Waals surface area contributed by atoms with Crippen LogP contribution >= 0.6 is 0 Å². The van der Waals surface area contributed by atoms with Gasteiger partial charge in [-0.3, -0.25) is 0 Å². The first-order valence-electron chi connectivity index (χ1n) is 23.9. The number of fused-ring (bicyclic) bond motifs is 15. The summed E-state index contributed by atoms with van der Waals surface area (Å²) < 4.78 is 13.9. The van der Waals surface area contributed by atoms with Crippen molar-refractivity contribution in [3.05, 3.63) is 229 Å². The molecule has 0 radical (unpaired) electrons. The van der Waals surface area contributed by atoms with E-state index in [1.54, 1.807) is 0 Å². The Morgan fingerprint density at radius 3 is 1.45 bits per heavy atom. The highest BCUT2D eigenvalue weighted by molar-refractivity contribution is 6.23. The average molecular weight is 887 g/mol. The molecule has 0 amide bonds. The Morgan fingerprint density at radius 1 is 0.362 bits per heavy atom. The van der Waals surface area contributed by atoms with Gasteiger partial charge in [-0.2, -0.15) is 0 Å². The number of para-hydroxylation sites is 2. The van der Waals surface area contributed by atoms with E-state index < -0.39 is 0 Å². The number of aryl methyl sites for hydroxylation is 2. The summed E-state index contributed by atoms with van der Waals surface area (Å²) in [4.78, 5) is 4.82. The lowest BCUT2D eigenvalue weighted by Crippen LogP contribution is -2.18. The minimum absolute atomic E-state index is 0.370. The van der Waals surface area contributed by atoms with Crippen LogP contribution in [0.3, 0.4) is 0 Å². The number of nitrogens with zero attached hydrogens (tertiary/aromatic N) is 2. The highest BCUT2D eigenvalue weighted by Gasteiger charge is 2.39. The van der Waals surface area contributed by atoms with Gasteiger partial charge in [0.15, 0.2) is 11.2 Å². The summed E-state index contributed by atoms with van der Waals surface area (Å²) in [7, 11) is 0. The van der Waals surface area contributed by atoms with E-state index in [4.69, 9.17) is 8.83 Å². The van der Waals surface area contributed by atoms with Crippen LogP contribution in [-0.4, -0.2) is 0 Å². The Bertz CT molecular complexity index is 4280. The summed E-state index contributed by atoms with van der Waals surface area (Å²) >= 11 is 0. The van der Waals surface area contributed by atoms with Gasteiger partial charge in [-0.25, -0.2) is 0 Å². The second-order valence-corrected chi connectivity index (χ2v) is 19.4. The van der Waals surface area contributed by atoms with Gasteiger partial charge in [-0.15, -0.1) is 0 Å². The molecule has 69 heavy (non-hydrogen) atoms. The first-order valence-corrected chi connectivity index (χ1v) is 23.9. The zero-order valence-electron chi connectivity index (χ0n) is 38.8. The van der Waals surface area contributed by atoms with Crippen LogP contribution in [0.5, 0.6) is 0 Å². The van der Waals surface area contributed by atoms with Crippen LogP contribution < -0.4 is 9.80 Å². The lowest BCUT2D eigenvalue weighted by molar-refractivity contribution is 0.660. The maximum atomic E-state index is 6.97. The molecule has 328 valence electrons. The molecule has 1 aliphatic carbocycles. The van der Waals surface area contributed by atoms with Crippen molar-refractivity contribution < 1.29 is 8.83 Å². The third-order valence-corrected chi connectivity index (χ3v) is 14.9. The van der Waals surface area contributed by atoms with E-state index in [9.17, 15) is 0 Å². The number of rotatable bonds is 6. The fourth-order valence-electron chi connectivity index (χ4n) is 11.7. The summed E-state index contributed by atoms with van der Waals surface area (Å²) in [5.41, 5.74) is 17.0. The third-order valence-electron chi connectivity index (χ3n) is 14.9. The zero-order chi connectivity index (χ0) is 46.1. The van der Waals surface area contributed by atoms with Gasteiger partial charge in [0.1, 0.15) is 11.2 Å². The van der Waals surface area contributed by atoms with Gasteiger partial charge in [-0.05, 0) is 141 Å². The smallest absolute Gasteiger partial charge is 0.159 e. The summed E-state index contributed by atoms with van der Waals surface area (Å²) in [5.74, 6) is 0. The van der Waals surface area contributed by atoms with E-state index >= 15 is 0 Å². The lowest BCUT2D eigenvalue weighted by atomic mass is 9.81. The van der Waals surface area contributed by atoms with Crippen molar-refractivity contribution >= 4 is 110 Å². The Balaban J connectivity index is 0.982. The van der Waals surface area contributed by atoms with E-state index in [0.29, 0.717) is 0 Å². The van der Waals surface area contributed by atoms with Gasteiger partial charge in [0, 0.05) is 49.4 Å². The molecule has 0 unspecified atom stereocenters. The molecule has 2 aromatic heterocycles. The second-order valence-electron chi connectivity index (χ2n) is 19.4. The third kappa shape index (κ3) is 5.82. The fourth-order valence-corrected chi connectivity index (χ4v) is 11.7. The van der Waals surface area contributed by atoms with Gasteiger partial charge in [-0.1, -0.05) is 153 Å². The molecular weight excluding hydrogens is 841 g/mol. The van der Waals surface area contributed by atoms with Crippen molar-refractivity contribution in [2.45, 2.75) is 33.1 Å². The lowest BCUT2D eigenvalue weighted by Gasteiger charge is -2.30. The molecular formula is C65H46N2O2. The Kier molecular flexibility index (Phi) is 8.43. The van der Waals surface area contributed by atoms with Crippen molar-refractivity contribution in [3.8, 4) is 11.1 Å². The molecule has 14 rings (SSSR count). The molecule has 0 fully saturated rings. The van der Waals surface area contributed by atoms with E-state index in [1.807, 2.05) is 0 Å². The minimum Gasteiger partial charge on any atom is -0.454 e. The highest BCUT2D eigenvalue weighted by Crippen LogP contribution is 2.57. The van der Waals surface area contributed by atoms with Crippen LogP contribution in [0.1, 0.15) is 36.1 Å². The highest BCUT2D eigenvalue weighted by atomic mass is 16.3. The molecule has 4 heteroatoms. The second kappa shape index (κ2) is 14.7. The van der Waals surface area contributed by atoms with E-state index in [2.05, 4.69) is 244 Å². The summed E-state index contributed by atoms with van der Waals surface area (Å²) in [6, 6.07) is 75.1. The normalized spacial score (nSPS) is 13.0. The van der Waals surface area contributed by atoms with Gasteiger partial charge >= 0.3 is 0 Å². The van der Waals surface area contributed by atoms with Crippen molar-refractivity contribution in [1.29, 1.82) is 0 Å². The van der Waals surface area contributed by atoms with Crippen LogP contribution in [-0.2, 0) is 5.41 Å². The van der Waals surface area contributed by atoms with Gasteiger partial charge in [0.05, 0.1) is 17.1 Å². The molecule has 2 heterocycles. The largest absolute Gasteiger partial charge is 0.454 e. The molecule has 0 saturated carbocycles. The van der Waals surface area contributed by atoms with Crippen LogP contribution in [0.2, 0.25) is 0 Å². The fraction of sp³-hybridized carbons (Fsp3) is 0.0769. The van der Waals surface area contributed by atoms with E-state index in [-0.39, 0.29) is 5.41 Å². The molecule has 1 aliphatic rings. The Labute approximate surface area is 399 Å². The molecule has 11 aromatic carbocycles. The average Bonchev–Trinajstić information content (AvgIpc) is 4.03. The molecule has 0 atom stereocenters. The molecule has 0 spiro atoms. The number of anilines is 6. The monoisotopic (exact) mass is 886 g/mol. The van der Waals surface area contributed by atoms with Crippen molar-refractivity contribution in [1.82, 2.24) is 0 Å². The van der Waals surface area contributed by atoms with E-state index in [1.165, 1.54) is 65.7 Å². The maximum Gasteiger partial charge on any atom is 0.159 e. The molecule has 0 aliphatic heterocycles. The van der Waals surface area contributed by atoms with E-state index in [0.717, 1.165) is 78.0 Å². The molecule has 4 nitrogen and oxygen atoms in total. The standard InChI is InChI=1S/C65H46N2O2/c1-39-15-11-19-43(35-39)66(55-27-13-25-51-61-46-21-7-5-17-41(46)29-33-58(61)68-63(51)55)45-31-32-50-53(37-45)65(3,4)54-38-57(48-23-9-10-24-49(48)60(50)54)67(44-20-12-16-40(2)36-44)56-28-14-26-52-62-47-22-8-6-18-42(47)30-34-59(62)69-64(52)56/h5-38H,1-4H3. The maximum absolute atomic E-state index is 6.97. The summed E-state index contributed by atoms with van der Waals surface area (Å²) in [5, 5.41) is 11.7. The van der Waals surface area contributed by atoms with Gasteiger partial charge in [0.25, 0.3) is 0 Å². The number of hydrogen-bond acceptors (Lipinski definition) is 4. The number of benzene rings is 11. The molecule has 0 saturated heterocycles. The first-order chi connectivity index (χ1) is 33.8. The first kappa shape index (κ1) is 39.6. The predicted octanol–water partition coefficient (Wildman–Crippen LogP) is 18.8. The SMILES string of the molecule is Cc1cccc(N(c2ccc3c(c2)C(C)(C)c2cc(N(c4cccc(C)c4)c4cccc5c4oc4ccc6ccccc6c45)c4ccccc4c2-3)c2cccc3c2oc2ccc4ccccc4c23)c1. The quantitative estimate of drug-likeness (QED) is 0.167. The summed E-state index contributed by atoms with van der Waals surface area (Å²) in [6.45, 7) is 9.12. The van der Waals surface area contributed by atoms with Crippen molar-refractivity contribution in [2.75, 3.05) is 9.80 Å². The predicted molar refractivity (Wildman–Crippen MR) is 290 cm³/mol. The topological polar surface area (TPSA) is 32.8 Å². The van der Waals surface area contributed by atoms with Crippen LogP contribution in [0.15, 0.2) is 215 Å². The summed E-state index contributed by atoms with van der Waals surface area (Å²) in [6.07, 6.45) is 0. The number of hydrogen-bond donors (Lipinski definition) is 0. The van der Waals surface area contributed by atoms with Crippen LogP contribution in [0.4, 0.5) is 34.1 Å². The van der Waals surface area contributed by atoms with Crippen LogP contribution in [0, 0.1) is 13.8 Å². The minimum atomic E-state index is -0.370. The Morgan fingerprint density at radius 2 is 0.855 bits per heavy atom. The zero-order valence-corrected chi connectivity index (χ0v) is 38.8. The van der Waals surface area contributed by atoms with Crippen LogP contribution in [0.25, 0.3) is 87.3 Å². The molecule has 0 bridgehead atoms. The van der Waals surface area contributed by atoms with Crippen molar-refractivity contribution in [3.63, 3.8) is 0 Å². The van der Waals surface area contributed by atoms with Crippen molar-refractivity contribution in [2.24, 2.45) is 0 Å².